The van der Waals surface area contributed by atoms with Crippen LogP contribution in [0.25, 0.3) is 0 Å². The van der Waals surface area contributed by atoms with E-state index in [1.807, 2.05) is 0 Å². The van der Waals surface area contributed by atoms with Crippen molar-refractivity contribution in [1.29, 1.82) is 0 Å². The SMILES string of the molecule is CCN1C(=CC=CC2=[N+](CC)c3ccc(OC)cc3C2(C)C)C(C)(C)c2cc(OC)ccc21. The van der Waals surface area contributed by atoms with Gasteiger partial charge in [-0.1, -0.05) is 19.9 Å². The summed E-state index contributed by atoms with van der Waals surface area (Å²) in [6, 6.07) is 12.8. The highest BCUT2D eigenvalue weighted by molar-refractivity contribution is 6.03. The van der Waals surface area contributed by atoms with Crippen molar-refractivity contribution in [2.45, 2.75) is 52.4 Å². The van der Waals surface area contributed by atoms with E-state index in [0.29, 0.717) is 0 Å². The normalized spacial score (nSPS) is 19.4. The Morgan fingerprint density at radius 3 is 2.12 bits per heavy atom. The molecule has 33 heavy (non-hydrogen) atoms. The molecule has 2 aromatic rings. The minimum absolute atomic E-state index is 0.0964. The summed E-state index contributed by atoms with van der Waals surface area (Å²) in [6.45, 7) is 15.5. The van der Waals surface area contributed by atoms with Gasteiger partial charge >= 0.3 is 0 Å². The van der Waals surface area contributed by atoms with E-state index in [0.717, 1.165) is 24.6 Å². The number of anilines is 1. The summed E-state index contributed by atoms with van der Waals surface area (Å²) in [7, 11) is 3.46. The van der Waals surface area contributed by atoms with Crippen LogP contribution in [0.1, 0.15) is 52.7 Å². The van der Waals surface area contributed by atoms with Crippen molar-refractivity contribution >= 4 is 17.1 Å². The van der Waals surface area contributed by atoms with E-state index in [2.05, 4.69) is 106 Å². The van der Waals surface area contributed by atoms with Crippen molar-refractivity contribution in [3.8, 4) is 11.5 Å². The Labute approximate surface area is 198 Å². The Balaban J connectivity index is 1.74. The number of ether oxygens (including phenoxy) is 2. The van der Waals surface area contributed by atoms with Crippen LogP contribution in [0.3, 0.4) is 0 Å². The van der Waals surface area contributed by atoms with Crippen molar-refractivity contribution < 1.29 is 14.0 Å². The Kier molecular flexibility index (Phi) is 5.90. The second-order valence-electron chi connectivity index (χ2n) is 9.80. The Morgan fingerprint density at radius 2 is 1.52 bits per heavy atom. The first kappa shape index (κ1) is 23.2. The number of nitrogens with zero attached hydrogens (tertiary/aromatic N) is 2. The number of hydrogen-bond acceptors (Lipinski definition) is 3. The third-order valence-electron chi connectivity index (χ3n) is 7.34. The topological polar surface area (TPSA) is 24.7 Å². The van der Waals surface area contributed by atoms with Gasteiger partial charge in [-0.05, 0) is 69.7 Å². The van der Waals surface area contributed by atoms with E-state index < -0.39 is 0 Å². The predicted molar refractivity (Wildman–Crippen MR) is 138 cm³/mol. The van der Waals surface area contributed by atoms with Crippen LogP contribution in [0.5, 0.6) is 11.5 Å². The fraction of sp³-hybridized carbons (Fsp3) is 0.414. The van der Waals surface area contributed by atoms with Crippen LogP contribution in [0.15, 0.2) is 60.3 Å². The molecule has 0 bridgehead atoms. The monoisotopic (exact) mass is 445 g/mol. The van der Waals surface area contributed by atoms with E-state index in [4.69, 9.17) is 9.47 Å². The molecule has 2 aliphatic heterocycles. The first-order chi connectivity index (χ1) is 15.7. The molecule has 2 aliphatic rings. The van der Waals surface area contributed by atoms with Gasteiger partial charge in [0.05, 0.1) is 19.6 Å². The Hall–Kier alpha value is -3.01. The van der Waals surface area contributed by atoms with E-state index in [1.54, 1.807) is 14.2 Å². The second kappa shape index (κ2) is 8.40. The number of methoxy groups -OCH3 is 2. The highest BCUT2D eigenvalue weighted by Crippen LogP contribution is 2.49. The average molecular weight is 446 g/mol. The molecule has 0 saturated heterocycles. The van der Waals surface area contributed by atoms with Crippen LogP contribution in [-0.4, -0.2) is 37.6 Å². The number of likely N-dealkylation sites (N-methyl/N-ethyl adjacent to an activating group) is 1. The molecule has 0 atom stereocenters. The quantitative estimate of drug-likeness (QED) is 0.484. The molecule has 0 radical (unpaired) electrons. The summed E-state index contributed by atoms with van der Waals surface area (Å²) in [5, 5.41) is 0. The van der Waals surface area contributed by atoms with Gasteiger partial charge < -0.3 is 14.4 Å². The molecule has 0 aliphatic carbocycles. The van der Waals surface area contributed by atoms with Gasteiger partial charge in [-0.2, -0.15) is 4.58 Å². The summed E-state index contributed by atoms with van der Waals surface area (Å²) in [6.07, 6.45) is 6.80. The third-order valence-corrected chi connectivity index (χ3v) is 7.34. The zero-order chi connectivity index (χ0) is 24.0. The van der Waals surface area contributed by atoms with Gasteiger partial charge in [0, 0.05) is 41.1 Å². The highest BCUT2D eigenvalue weighted by atomic mass is 16.5. The molecule has 174 valence electrons. The average Bonchev–Trinajstić information content (AvgIpc) is 3.16. The molecule has 4 nitrogen and oxygen atoms in total. The summed E-state index contributed by atoms with van der Waals surface area (Å²) in [4.78, 5) is 2.42. The summed E-state index contributed by atoms with van der Waals surface area (Å²) < 4.78 is 13.4. The van der Waals surface area contributed by atoms with E-state index >= 15 is 0 Å². The number of allylic oxidation sites excluding steroid dienone is 4. The van der Waals surface area contributed by atoms with Crippen LogP contribution in [0.2, 0.25) is 0 Å². The zero-order valence-electron chi connectivity index (χ0n) is 21.3. The van der Waals surface area contributed by atoms with Crippen molar-refractivity contribution in [1.82, 2.24) is 0 Å². The predicted octanol–water partition coefficient (Wildman–Crippen LogP) is 6.36. The minimum Gasteiger partial charge on any atom is -0.497 e. The standard InChI is InChI=1S/C29H37N2O2/c1-9-30-24-16-14-20(32-7)18-22(24)28(3,4)26(30)12-11-13-27-29(5,6)23-19-21(33-8)15-17-25(23)31(27)10-2/h11-19H,9-10H2,1-8H3/q+1. The maximum absolute atomic E-state index is 5.51. The smallest absolute Gasteiger partial charge is 0.210 e. The first-order valence-corrected chi connectivity index (χ1v) is 11.9. The molecule has 0 aromatic heterocycles. The zero-order valence-corrected chi connectivity index (χ0v) is 21.3. The maximum Gasteiger partial charge on any atom is 0.210 e. The van der Waals surface area contributed by atoms with Crippen molar-refractivity contribution in [3.05, 3.63) is 71.5 Å². The van der Waals surface area contributed by atoms with E-state index in [-0.39, 0.29) is 10.8 Å². The molecular formula is C29H37N2O2+. The fourth-order valence-electron chi connectivity index (χ4n) is 5.47. The minimum atomic E-state index is -0.0964. The van der Waals surface area contributed by atoms with E-state index in [1.165, 1.54) is 33.9 Å². The number of hydrogen-bond donors (Lipinski definition) is 0. The molecule has 0 N–H and O–H groups in total. The van der Waals surface area contributed by atoms with Crippen LogP contribution < -0.4 is 14.4 Å². The van der Waals surface area contributed by atoms with Crippen molar-refractivity contribution in [3.63, 3.8) is 0 Å². The largest absolute Gasteiger partial charge is 0.497 e. The fourth-order valence-corrected chi connectivity index (χ4v) is 5.47. The molecule has 0 amide bonds. The summed E-state index contributed by atoms with van der Waals surface area (Å²) in [5.74, 6) is 1.81. The molecule has 4 rings (SSSR count). The van der Waals surface area contributed by atoms with Crippen LogP contribution in [0, 0.1) is 0 Å². The molecule has 2 heterocycles. The third kappa shape index (κ3) is 3.56. The molecule has 0 fully saturated rings. The maximum atomic E-state index is 5.51. The lowest BCUT2D eigenvalue weighted by Crippen LogP contribution is -2.28. The second-order valence-corrected chi connectivity index (χ2v) is 9.80. The van der Waals surface area contributed by atoms with Crippen molar-refractivity contribution in [2.24, 2.45) is 0 Å². The number of rotatable bonds is 6. The molecule has 4 heteroatoms. The molecular weight excluding hydrogens is 408 g/mol. The van der Waals surface area contributed by atoms with Crippen LogP contribution in [0.4, 0.5) is 11.4 Å². The van der Waals surface area contributed by atoms with Crippen LogP contribution in [-0.2, 0) is 10.8 Å². The highest BCUT2D eigenvalue weighted by Gasteiger charge is 2.44. The first-order valence-electron chi connectivity index (χ1n) is 11.9. The summed E-state index contributed by atoms with van der Waals surface area (Å²) in [5.41, 5.74) is 7.59. The number of fused-ring (bicyclic) bond motifs is 2. The number of benzene rings is 2. The Bertz CT molecular complexity index is 1170. The Morgan fingerprint density at radius 1 is 0.879 bits per heavy atom. The van der Waals surface area contributed by atoms with Gasteiger partial charge in [-0.25, -0.2) is 0 Å². The van der Waals surface area contributed by atoms with Crippen LogP contribution >= 0.6 is 0 Å². The summed E-state index contributed by atoms with van der Waals surface area (Å²) >= 11 is 0. The molecule has 2 aromatic carbocycles. The molecule has 0 saturated carbocycles. The lowest BCUT2D eigenvalue weighted by molar-refractivity contribution is -0.433. The van der Waals surface area contributed by atoms with Crippen molar-refractivity contribution in [2.75, 3.05) is 32.2 Å². The van der Waals surface area contributed by atoms with Gasteiger partial charge in [-0.15, -0.1) is 0 Å². The van der Waals surface area contributed by atoms with Gasteiger partial charge in [-0.3, -0.25) is 0 Å². The molecule has 0 unspecified atom stereocenters. The van der Waals surface area contributed by atoms with E-state index in [9.17, 15) is 0 Å². The lowest BCUT2D eigenvalue weighted by atomic mass is 9.81. The van der Waals surface area contributed by atoms with Gasteiger partial charge in [0.1, 0.15) is 18.0 Å². The van der Waals surface area contributed by atoms with Gasteiger partial charge in [0.15, 0.2) is 5.71 Å². The molecule has 0 spiro atoms. The van der Waals surface area contributed by atoms with Gasteiger partial charge in [0.25, 0.3) is 0 Å². The van der Waals surface area contributed by atoms with Gasteiger partial charge in [0.2, 0.25) is 5.69 Å². The lowest BCUT2D eigenvalue weighted by Gasteiger charge is -2.25.